The molecule has 0 atom stereocenters. The molecule has 0 saturated heterocycles. The van der Waals surface area contributed by atoms with Crippen LogP contribution in [0, 0.1) is 5.82 Å². The number of nitrogens with two attached hydrogens (primary N) is 1. The summed E-state index contributed by atoms with van der Waals surface area (Å²) in [6.45, 7) is 1.06. The van der Waals surface area contributed by atoms with Gasteiger partial charge >= 0.3 is 0 Å². The number of hydrogen-bond acceptors (Lipinski definition) is 3. The van der Waals surface area contributed by atoms with E-state index >= 15 is 0 Å². The van der Waals surface area contributed by atoms with E-state index in [0.29, 0.717) is 18.7 Å². The Morgan fingerprint density at radius 1 is 1.39 bits per heavy atom. The highest BCUT2D eigenvalue weighted by Crippen LogP contribution is 2.30. The van der Waals surface area contributed by atoms with E-state index in [1.807, 2.05) is 11.9 Å². The second kappa shape index (κ2) is 5.24. The van der Waals surface area contributed by atoms with Crippen molar-refractivity contribution in [2.24, 2.45) is 0 Å². The number of hydrogen-bond donors (Lipinski definition) is 2. The molecule has 1 aliphatic carbocycles. The molecule has 4 heteroatoms. The maximum atomic E-state index is 13.8. The van der Waals surface area contributed by atoms with Crippen molar-refractivity contribution in [3.8, 4) is 0 Å². The summed E-state index contributed by atoms with van der Waals surface area (Å²) < 4.78 is 13.8. The van der Waals surface area contributed by atoms with Crippen LogP contribution in [0.1, 0.15) is 31.2 Å². The van der Waals surface area contributed by atoms with Crippen LogP contribution in [0.15, 0.2) is 18.2 Å². The highest BCUT2D eigenvalue weighted by molar-refractivity contribution is 5.42. The van der Waals surface area contributed by atoms with Crippen LogP contribution in [0.5, 0.6) is 0 Å². The highest BCUT2D eigenvalue weighted by atomic mass is 19.1. The summed E-state index contributed by atoms with van der Waals surface area (Å²) in [5, 5.41) is 10.3. The number of anilines is 1. The molecule has 0 heterocycles. The lowest BCUT2D eigenvalue weighted by Crippen LogP contribution is -2.38. The van der Waals surface area contributed by atoms with Crippen molar-refractivity contribution in [3.05, 3.63) is 29.6 Å². The predicted molar refractivity (Wildman–Crippen MR) is 70.6 cm³/mol. The van der Waals surface area contributed by atoms with E-state index in [1.165, 1.54) is 0 Å². The molecule has 0 radical (unpaired) electrons. The summed E-state index contributed by atoms with van der Waals surface area (Å²) in [6.07, 6.45) is 3.85. The van der Waals surface area contributed by atoms with Gasteiger partial charge in [0.05, 0.1) is 11.3 Å². The summed E-state index contributed by atoms with van der Waals surface area (Å²) in [6, 6.07) is 5.05. The third kappa shape index (κ3) is 3.00. The maximum Gasteiger partial charge on any atom is 0.150 e. The van der Waals surface area contributed by atoms with Crippen molar-refractivity contribution in [3.63, 3.8) is 0 Å². The number of rotatable bonds is 4. The first-order valence-corrected chi connectivity index (χ1v) is 6.44. The SMILES string of the molecule is CN(Cc1cccc(N)c1F)CC1(O)CCCC1. The third-order valence-corrected chi connectivity index (χ3v) is 3.65. The predicted octanol–water partition coefficient (Wildman–Crippen LogP) is 2.14. The van der Waals surface area contributed by atoms with Crippen LogP contribution in [0.4, 0.5) is 10.1 Å². The van der Waals surface area contributed by atoms with Crippen molar-refractivity contribution in [2.45, 2.75) is 37.8 Å². The fourth-order valence-electron chi connectivity index (χ4n) is 2.76. The van der Waals surface area contributed by atoms with Gasteiger partial charge in [-0.3, -0.25) is 4.90 Å². The molecule has 0 spiro atoms. The molecule has 0 aromatic heterocycles. The Bertz CT molecular complexity index is 416. The minimum absolute atomic E-state index is 0.181. The van der Waals surface area contributed by atoms with Crippen LogP contribution in [0.25, 0.3) is 0 Å². The van der Waals surface area contributed by atoms with E-state index < -0.39 is 5.60 Å². The molecule has 3 N–H and O–H groups in total. The summed E-state index contributed by atoms with van der Waals surface area (Å²) in [4.78, 5) is 1.96. The molecule has 100 valence electrons. The van der Waals surface area contributed by atoms with Gasteiger partial charge in [-0.15, -0.1) is 0 Å². The molecule has 3 nitrogen and oxygen atoms in total. The lowest BCUT2D eigenvalue weighted by Gasteiger charge is -2.28. The molecule has 2 rings (SSSR count). The molecule has 1 aliphatic rings. The standard InChI is InChI=1S/C14H21FN2O/c1-17(10-14(18)7-2-3-8-14)9-11-5-4-6-12(16)13(11)15/h4-6,18H,2-3,7-10,16H2,1H3. The normalized spacial score (nSPS) is 18.4. The number of nitrogens with zero attached hydrogens (tertiary/aromatic N) is 1. The second-order valence-corrected chi connectivity index (χ2v) is 5.42. The average molecular weight is 252 g/mol. The zero-order chi connectivity index (χ0) is 13.2. The first-order chi connectivity index (χ1) is 8.50. The maximum absolute atomic E-state index is 13.8. The van der Waals surface area contributed by atoms with Gasteiger partial charge in [0, 0.05) is 18.7 Å². The third-order valence-electron chi connectivity index (χ3n) is 3.65. The lowest BCUT2D eigenvalue weighted by molar-refractivity contribution is 0.0143. The van der Waals surface area contributed by atoms with E-state index in [9.17, 15) is 9.50 Å². The summed E-state index contributed by atoms with van der Waals surface area (Å²) in [7, 11) is 1.90. The van der Waals surface area contributed by atoms with Crippen molar-refractivity contribution in [1.29, 1.82) is 0 Å². The average Bonchev–Trinajstić information content (AvgIpc) is 2.71. The van der Waals surface area contributed by atoms with E-state index in [1.54, 1.807) is 18.2 Å². The molecule has 0 amide bonds. The number of nitrogen functional groups attached to an aromatic ring is 1. The van der Waals surface area contributed by atoms with E-state index in [0.717, 1.165) is 25.7 Å². The fraction of sp³-hybridized carbons (Fsp3) is 0.571. The smallest absolute Gasteiger partial charge is 0.150 e. The Hall–Kier alpha value is -1.13. The van der Waals surface area contributed by atoms with Gasteiger partial charge in [0.25, 0.3) is 0 Å². The van der Waals surface area contributed by atoms with Crippen molar-refractivity contribution in [2.75, 3.05) is 19.3 Å². The van der Waals surface area contributed by atoms with Gasteiger partial charge < -0.3 is 10.8 Å². The molecule has 1 aromatic carbocycles. The minimum Gasteiger partial charge on any atom is -0.396 e. The summed E-state index contributed by atoms with van der Waals surface area (Å²) in [5.41, 5.74) is 5.71. The Kier molecular flexibility index (Phi) is 3.88. The number of halogens is 1. The fourth-order valence-corrected chi connectivity index (χ4v) is 2.76. The molecular formula is C14H21FN2O. The van der Waals surface area contributed by atoms with Crippen LogP contribution < -0.4 is 5.73 Å². The van der Waals surface area contributed by atoms with Crippen molar-refractivity contribution >= 4 is 5.69 Å². The van der Waals surface area contributed by atoms with Crippen molar-refractivity contribution in [1.82, 2.24) is 4.90 Å². The van der Waals surface area contributed by atoms with E-state index in [-0.39, 0.29) is 11.5 Å². The lowest BCUT2D eigenvalue weighted by atomic mass is 10.0. The summed E-state index contributed by atoms with van der Waals surface area (Å²) in [5.74, 6) is -0.345. The van der Waals surface area contributed by atoms with Crippen LogP contribution in [0.3, 0.4) is 0 Å². The van der Waals surface area contributed by atoms with Crippen LogP contribution in [-0.4, -0.2) is 29.2 Å². The van der Waals surface area contributed by atoms with Crippen LogP contribution in [-0.2, 0) is 6.54 Å². The molecule has 1 fully saturated rings. The van der Waals surface area contributed by atoms with Crippen molar-refractivity contribution < 1.29 is 9.50 Å². The molecule has 1 aromatic rings. The van der Waals surface area contributed by atoms with Gasteiger partial charge in [-0.1, -0.05) is 25.0 Å². The van der Waals surface area contributed by atoms with Gasteiger partial charge in [-0.05, 0) is 26.0 Å². The van der Waals surface area contributed by atoms with Gasteiger partial charge in [-0.25, -0.2) is 4.39 Å². The summed E-state index contributed by atoms with van der Waals surface area (Å²) >= 11 is 0. The first-order valence-electron chi connectivity index (χ1n) is 6.44. The van der Waals surface area contributed by atoms with E-state index in [4.69, 9.17) is 5.73 Å². The van der Waals surface area contributed by atoms with Gasteiger partial charge in [-0.2, -0.15) is 0 Å². The minimum atomic E-state index is -0.592. The zero-order valence-electron chi connectivity index (χ0n) is 10.8. The first kappa shape index (κ1) is 13.3. The number of benzene rings is 1. The molecule has 0 unspecified atom stereocenters. The van der Waals surface area contributed by atoms with Crippen LogP contribution in [0.2, 0.25) is 0 Å². The monoisotopic (exact) mass is 252 g/mol. The second-order valence-electron chi connectivity index (χ2n) is 5.42. The Labute approximate surface area is 107 Å². The Morgan fingerprint density at radius 2 is 2.06 bits per heavy atom. The quantitative estimate of drug-likeness (QED) is 0.807. The number of likely N-dealkylation sites (N-methyl/N-ethyl adjacent to an activating group) is 1. The molecular weight excluding hydrogens is 231 g/mol. The van der Waals surface area contributed by atoms with Gasteiger partial charge in [0.1, 0.15) is 0 Å². The Morgan fingerprint density at radius 3 is 2.72 bits per heavy atom. The van der Waals surface area contributed by atoms with Gasteiger partial charge in [0.2, 0.25) is 0 Å². The molecule has 0 bridgehead atoms. The Balaban J connectivity index is 1.98. The largest absolute Gasteiger partial charge is 0.396 e. The number of aliphatic hydroxyl groups is 1. The topological polar surface area (TPSA) is 49.5 Å². The molecule has 18 heavy (non-hydrogen) atoms. The zero-order valence-corrected chi connectivity index (χ0v) is 10.8. The van der Waals surface area contributed by atoms with Crippen LogP contribution >= 0.6 is 0 Å². The molecule has 0 aliphatic heterocycles. The van der Waals surface area contributed by atoms with E-state index in [2.05, 4.69) is 0 Å². The highest BCUT2D eigenvalue weighted by Gasteiger charge is 2.32. The van der Waals surface area contributed by atoms with Gasteiger partial charge in [0.15, 0.2) is 5.82 Å². The molecule has 1 saturated carbocycles.